The van der Waals surface area contributed by atoms with Gasteiger partial charge in [-0.15, -0.1) is 0 Å². The van der Waals surface area contributed by atoms with E-state index in [-0.39, 0.29) is 17.6 Å². The van der Waals surface area contributed by atoms with Crippen molar-refractivity contribution in [1.29, 1.82) is 0 Å². The number of H-pyrrole nitrogens is 1. The topological polar surface area (TPSA) is 70.7 Å². The SMILES string of the molecule is CC(C(=O)Nc1ccc2c(-c3ccncc3)c(-c3ccc(F)cc3)[nH]c2n1)c1ccccc1. The molecule has 0 aliphatic carbocycles. The first-order valence-electron chi connectivity index (χ1n) is 10.6. The molecule has 0 aliphatic heterocycles. The zero-order valence-corrected chi connectivity index (χ0v) is 17.9. The van der Waals surface area contributed by atoms with E-state index in [9.17, 15) is 9.18 Å². The molecule has 0 bridgehead atoms. The van der Waals surface area contributed by atoms with Crippen LogP contribution >= 0.6 is 0 Å². The Morgan fingerprint density at radius 1 is 0.909 bits per heavy atom. The molecule has 6 heteroatoms. The van der Waals surface area contributed by atoms with Crippen molar-refractivity contribution in [3.8, 4) is 22.4 Å². The number of fused-ring (bicyclic) bond motifs is 1. The lowest BCUT2D eigenvalue weighted by Crippen LogP contribution is -2.19. The summed E-state index contributed by atoms with van der Waals surface area (Å²) in [6.45, 7) is 1.87. The van der Waals surface area contributed by atoms with Gasteiger partial charge in [0, 0.05) is 23.3 Å². The van der Waals surface area contributed by atoms with Crippen LogP contribution in [-0.4, -0.2) is 20.9 Å². The number of hydrogen-bond acceptors (Lipinski definition) is 3. The molecule has 0 saturated carbocycles. The van der Waals surface area contributed by atoms with Crippen LogP contribution in [-0.2, 0) is 4.79 Å². The number of hydrogen-bond donors (Lipinski definition) is 2. The number of nitrogens with one attached hydrogen (secondary N) is 2. The molecule has 2 N–H and O–H groups in total. The van der Waals surface area contributed by atoms with E-state index in [4.69, 9.17) is 0 Å². The third kappa shape index (κ3) is 4.11. The van der Waals surface area contributed by atoms with Crippen molar-refractivity contribution in [3.05, 3.63) is 103 Å². The van der Waals surface area contributed by atoms with Crippen LogP contribution in [0.5, 0.6) is 0 Å². The number of nitrogens with zero attached hydrogens (tertiary/aromatic N) is 2. The highest BCUT2D eigenvalue weighted by atomic mass is 19.1. The third-order valence-electron chi connectivity index (χ3n) is 5.70. The second kappa shape index (κ2) is 8.67. The Morgan fingerprint density at radius 2 is 1.64 bits per heavy atom. The molecule has 1 atom stereocenters. The number of benzene rings is 2. The molecule has 5 nitrogen and oxygen atoms in total. The summed E-state index contributed by atoms with van der Waals surface area (Å²) in [5.41, 5.74) is 5.14. The quantitative estimate of drug-likeness (QED) is 0.346. The zero-order valence-electron chi connectivity index (χ0n) is 17.9. The molecule has 0 fully saturated rings. The van der Waals surface area contributed by atoms with Gasteiger partial charge in [0.2, 0.25) is 5.91 Å². The summed E-state index contributed by atoms with van der Waals surface area (Å²) in [6, 6.07) is 23.5. The van der Waals surface area contributed by atoms with Crippen LogP contribution < -0.4 is 5.32 Å². The average molecular weight is 436 g/mol. The highest BCUT2D eigenvalue weighted by Crippen LogP contribution is 2.38. The molecule has 162 valence electrons. The van der Waals surface area contributed by atoms with Crippen LogP contribution in [0.15, 0.2) is 91.3 Å². The van der Waals surface area contributed by atoms with Crippen LogP contribution in [0, 0.1) is 5.82 Å². The fourth-order valence-corrected chi connectivity index (χ4v) is 3.92. The number of anilines is 1. The lowest BCUT2D eigenvalue weighted by atomic mass is 9.99. The van der Waals surface area contributed by atoms with E-state index in [0.717, 1.165) is 33.3 Å². The summed E-state index contributed by atoms with van der Waals surface area (Å²) >= 11 is 0. The molecule has 0 spiro atoms. The first-order valence-corrected chi connectivity index (χ1v) is 10.6. The van der Waals surface area contributed by atoms with E-state index in [0.29, 0.717) is 11.5 Å². The lowest BCUT2D eigenvalue weighted by Gasteiger charge is -2.12. The normalized spacial score (nSPS) is 11.9. The molecule has 2 aromatic carbocycles. The summed E-state index contributed by atoms with van der Waals surface area (Å²) < 4.78 is 13.5. The van der Waals surface area contributed by atoms with E-state index in [2.05, 4.69) is 20.3 Å². The van der Waals surface area contributed by atoms with Crippen LogP contribution in [0.4, 0.5) is 10.2 Å². The number of halogens is 1. The largest absolute Gasteiger partial charge is 0.339 e. The number of rotatable bonds is 5. The van der Waals surface area contributed by atoms with Crippen molar-refractivity contribution in [2.45, 2.75) is 12.8 Å². The first-order chi connectivity index (χ1) is 16.1. The van der Waals surface area contributed by atoms with Crippen molar-refractivity contribution < 1.29 is 9.18 Å². The number of aromatic nitrogens is 3. The van der Waals surface area contributed by atoms with E-state index in [1.165, 1.54) is 12.1 Å². The Balaban J connectivity index is 1.54. The zero-order chi connectivity index (χ0) is 22.8. The standard InChI is InChI=1S/C27H21FN4O/c1-17(18-5-3-2-4-6-18)27(33)31-23-12-11-22-24(19-13-15-29-16-14-19)25(32-26(22)30-23)20-7-9-21(28)10-8-20/h2-17H,1H3,(H2,30,31,32,33). The average Bonchev–Trinajstić information content (AvgIpc) is 3.24. The Labute approximate surface area is 190 Å². The molecule has 0 radical (unpaired) electrons. The second-order valence-corrected chi connectivity index (χ2v) is 7.83. The number of carbonyl (C=O) groups is 1. The van der Waals surface area contributed by atoms with E-state index >= 15 is 0 Å². The Kier molecular flexibility index (Phi) is 5.40. The highest BCUT2D eigenvalue weighted by molar-refractivity contribution is 6.03. The number of aromatic amines is 1. The molecule has 3 aromatic heterocycles. The smallest absolute Gasteiger partial charge is 0.232 e. The maximum Gasteiger partial charge on any atom is 0.232 e. The minimum absolute atomic E-state index is 0.132. The predicted octanol–water partition coefficient (Wildman–Crippen LogP) is 6.17. The maximum atomic E-state index is 13.5. The van der Waals surface area contributed by atoms with Crippen molar-refractivity contribution >= 4 is 22.8 Å². The Hall–Kier alpha value is -4.32. The van der Waals surface area contributed by atoms with Gasteiger partial charge in [-0.2, -0.15) is 0 Å². The lowest BCUT2D eigenvalue weighted by molar-refractivity contribution is -0.117. The van der Waals surface area contributed by atoms with Crippen LogP contribution in [0.1, 0.15) is 18.4 Å². The van der Waals surface area contributed by atoms with Gasteiger partial charge >= 0.3 is 0 Å². The molecule has 3 heterocycles. The summed E-state index contributed by atoms with van der Waals surface area (Å²) in [6.07, 6.45) is 3.46. The fraction of sp³-hybridized carbons (Fsp3) is 0.0741. The van der Waals surface area contributed by atoms with Gasteiger partial charge in [-0.25, -0.2) is 9.37 Å². The van der Waals surface area contributed by atoms with Crippen molar-refractivity contribution in [3.63, 3.8) is 0 Å². The van der Waals surface area contributed by atoms with Gasteiger partial charge < -0.3 is 10.3 Å². The van der Waals surface area contributed by atoms with Crippen molar-refractivity contribution in [1.82, 2.24) is 15.0 Å². The van der Waals surface area contributed by atoms with Crippen molar-refractivity contribution in [2.24, 2.45) is 0 Å². The van der Waals surface area contributed by atoms with Gasteiger partial charge in [0.1, 0.15) is 17.3 Å². The highest BCUT2D eigenvalue weighted by Gasteiger charge is 2.19. The maximum absolute atomic E-state index is 13.5. The first kappa shape index (κ1) is 20.6. The monoisotopic (exact) mass is 436 g/mol. The number of pyridine rings is 2. The second-order valence-electron chi connectivity index (χ2n) is 7.83. The summed E-state index contributed by atoms with van der Waals surface area (Å²) in [4.78, 5) is 24.9. The van der Waals surface area contributed by atoms with Crippen LogP contribution in [0.25, 0.3) is 33.4 Å². The minimum atomic E-state index is -0.311. The van der Waals surface area contributed by atoms with E-state index in [1.807, 2.05) is 55.5 Å². The predicted molar refractivity (Wildman–Crippen MR) is 128 cm³/mol. The van der Waals surface area contributed by atoms with Gasteiger partial charge in [-0.1, -0.05) is 30.3 Å². The molecule has 0 saturated heterocycles. The van der Waals surface area contributed by atoms with E-state index < -0.39 is 0 Å². The molecule has 5 aromatic rings. The Morgan fingerprint density at radius 3 is 2.36 bits per heavy atom. The van der Waals surface area contributed by atoms with Gasteiger partial charge in [0.25, 0.3) is 0 Å². The van der Waals surface area contributed by atoms with Gasteiger partial charge in [0.05, 0.1) is 11.6 Å². The van der Waals surface area contributed by atoms with Gasteiger partial charge in [-0.05, 0) is 72.1 Å². The number of carbonyl (C=O) groups excluding carboxylic acids is 1. The molecule has 33 heavy (non-hydrogen) atoms. The summed E-state index contributed by atoms with van der Waals surface area (Å²) in [5.74, 6) is -0.276. The summed E-state index contributed by atoms with van der Waals surface area (Å²) in [7, 11) is 0. The molecule has 1 unspecified atom stereocenters. The fourth-order valence-electron chi connectivity index (χ4n) is 3.92. The van der Waals surface area contributed by atoms with Crippen LogP contribution in [0.2, 0.25) is 0 Å². The summed E-state index contributed by atoms with van der Waals surface area (Å²) in [5, 5.41) is 3.82. The number of amides is 1. The molecule has 1 amide bonds. The molecular formula is C27H21FN4O. The third-order valence-corrected chi connectivity index (χ3v) is 5.70. The molecule has 0 aliphatic rings. The molecule has 5 rings (SSSR count). The van der Waals surface area contributed by atoms with E-state index in [1.54, 1.807) is 30.6 Å². The minimum Gasteiger partial charge on any atom is -0.339 e. The van der Waals surface area contributed by atoms with Gasteiger partial charge in [0.15, 0.2) is 0 Å². The Bertz CT molecular complexity index is 1410. The molecular weight excluding hydrogens is 415 g/mol. The van der Waals surface area contributed by atoms with Crippen molar-refractivity contribution in [2.75, 3.05) is 5.32 Å². The van der Waals surface area contributed by atoms with Crippen LogP contribution in [0.3, 0.4) is 0 Å². The van der Waals surface area contributed by atoms with Gasteiger partial charge in [-0.3, -0.25) is 9.78 Å².